The van der Waals surface area contributed by atoms with Gasteiger partial charge in [-0.2, -0.15) is 0 Å². The van der Waals surface area contributed by atoms with Gasteiger partial charge in [0.1, 0.15) is 0 Å². The molecule has 0 atom stereocenters. The van der Waals surface area contributed by atoms with Gasteiger partial charge in [0, 0.05) is 18.8 Å². The molecular weight excluding hydrogens is 356 g/mol. The summed E-state index contributed by atoms with van der Waals surface area (Å²) < 4.78 is 0. The highest BCUT2D eigenvalue weighted by Gasteiger charge is 2.39. The summed E-state index contributed by atoms with van der Waals surface area (Å²) in [6.07, 6.45) is 2.43. The second-order valence-electron chi connectivity index (χ2n) is 6.66. The van der Waals surface area contributed by atoms with E-state index in [1.54, 1.807) is 0 Å². The third kappa shape index (κ3) is 3.28. The lowest BCUT2D eigenvalue weighted by Crippen LogP contribution is -2.31. The molecule has 0 spiro atoms. The van der Waals surface area contributed by atoms with E-state index in [-0.39, 0.29) is 11.8 Å². The molecule has 4 rings (SSSR count). The minimum atomic E-state index is -0.240. The van der Waals surface area contributed by atoms with Crippen molar-refractivity contribution < 1.29 is 9.59 Å². The van der Waals surface area contributed by atoms with E-state index in [0.29, 0.717) is 16.2 Å². The molecule has 0 saturated carbocycles. The third-order valence-electron chi connectivity index (χ3n) is 4.97. The van der Waals surface area contributed by atoms with Gasteiger partial charge in [0.25, 0.3) is 11.8 Å². The molecule has 0 aromatic heterocycles. The number of rotatable bonds is 5. The minimum absolute atomic E-state index is 0.223. The van der Waals surface area contributed by atoms with Gasteiger partial charge in [-0.15, -0.1) is 11.8 Å². The van der Waals surface area contributed by atoms with Gasteiger partial charge in [-0.05, 0) is 48.4 Å². The first-order valence-electron chi connectivity index (χ1n) is 9.37. The lowest BCUT2D eigenvalue weighted by molar-refractivity contribution is -0.119. The van der Waals surface area contributed by atoms with Crippen molar-refractivity contribution in [2.75, 3.05) is 28.6 Å². The Hall–Kier alpha value is -2.53. The third-order valence-corrected chi connectivity index (χ3v) is 5.93. The van der Waals surface area contributed by atoms with Crippen molar-refractivity contribution in [3.8, 4) is 0 Å². The Balaban J connectivity index is 1.67. The van der Waals surface area contributed by atoms with E-state index >= 15 is 0 Å². The molecule has 0 N–H and O–H groups in total. The van der Waals surface area contributed by atoms with E-state index in [0.717, 1.165) is 30.1 Å². The van der Waals surface area contributed by atoms with Crippen LogP contribution in [0.5, 0.6) is 0 Å². The Morgan fingerprint density at radius 1 is 0.852 bits per heavy atom. The molecule has 138 valence electrons. The molecule has 2 aromatic rings. The van der Waals surface area contributed by atoms with E-state index in [2.05, 4.69) is 4.90 Å². The molecular formula is C22H22N2O2S. The molecule has 2 aliphatic heterocycles. The van der Waals surface area contributed by atoms with Crippen LogP contribution < -0.4 is 9.80 Å². The topological polar surface area (TPSA) is 40.6 Å². The monoisotopic (exact) mass is 378 g/mol. The number of imide groups is 1. The summed E-state index contributed by atoms with van der Waals surface area (Å²) in [7, 11) is 0. The summed E-state index contributed by atoms with van der Waals surface area (Å²) >= 11 is 1.44. The van der Waals surface area contributed by atoms with Crippen LogP contribution in [0.4, 0.5) is 11.4 Å². The molecule has 2 amide bonds. The summed E-state index contributed by atoms with van der Waals surface area (Å²) in [6, 6.07) is 17.2. The van der Waals surface area contributed by atoms with Crippen molar-refractivity contribution in [1.82, 2.24) is 0 Å². The quantitative estimate of drug-likeness (QED) is 0.727. The van der Waals surface area contributed by atoms with Crippen LogP contribution in [0.2, 0.25) is 0 Å². The van der Waals surface area contributed by atoms with Crippen LogP contribution in [0, 0.1) is 0 Å². The zero-order valence-corrected chi connectivity index (χ0v) is 16.2. The van der Waals surface area contributed by atoms with E-state index in [9.17, 15) is 9.59 Å². The first-order valence-corrected chi connectivity index (χ1v) is 10.4. The number of nitrogens with zero attached hydrogens (tertiary/aromatic N) is 2. The van der Waals surface area contributed by atoms with Crippen molar-refractivity contribution in [2.24, 2.45) is 0 Å². The molecule has 5 heteroatoms. The maximum absolute atomic E-state index is 13.2. The van der Waals surface area contributed by atoms with Crippen LogP contribution >= 0.6 is 11.8 Å². The predicted octanol–water partition coefficient (Wildman–Crippen LogP) is 4.32. The lowest BCUT2D eigenvalue weighted by Gasteiger charge is -2.20. The summed E-state index contributed by atoms with van der Waals surface area (Å²) in [5.74, 6) is 0.280. The second kappa shape index (κ2) is 7.61. The van der Waals surface area contributed by atoms with Gasteiger partial charge in [0.2, 0.25) is 0 Å². The van der Waals surface area contributed by atoms with Gasteiger partial charge in [0.05, 0.1) is 16.2 Å². The smallest absolute Gasteiger partial charge is 0.272 e. The molecule has 0 unspecified atom stereocenters. The number of benzene rings is 2. The summed E-state index contributed by atoms with van der Waals surface area (Å²) in [5, 5.41) is 0. The molecule has 2 aliphatic rings. The van der Waals surface area contributed by atoms with Crippen LogP contribution in [-0.4, -0.2) is 30.7 Å². The van der Waals surface area contributed by atoms with Crippen LogP contribution in [0.25, 0.3) is 5.57 Å². The first kappa shape index (κ1) is 17.9. The fourth-order valence-electron chi connectivity index (χ4n) is 3.67. The largest absolute Gasteiger partial charge is 0.372 e. The molecule has 1 saturated heterocycles. The van der Waals surface area contributed by atoms with Crippen molar-refractivity contribution in [1.29, 1.82) is 0 Å². The number of hydrogen-bond donors (Lipinski definition) is 0. The van der Waals surface area contributed by atoms with Gasteiger partial charge in [-0.3, -0.25) is 9.59 Å². The van der Waals surface area contributed by atoms with E-state index in [1.807, 2.05) is 61.5 Å². The van der Waals surface area contributed by atoms with Gasteiger partial charge in [0.15, 0.2) is 0 Å². The fraction of sp³-hybridized carbons (Fsp3) is 0.273. The Morgan fingerprint density at radius 2 is 1.48 bits per heavy atom. The minimum Gasteiger partial charge on any atom is -0.372 e. The highest BCUT2D eigenvalue weighted by Crippen LogP contribution is 2.38. The molecule has 4 nitrogen and oxygen atoms in total. The van der Waals surface area contributed by atoms with Crippen molar-refractivity contribution in [2.45, 2.75) is 19.8 Å². The zero-order valence-electron chi connectivity index (χ0n) is 15.4. The summed E-state index contributed by atoms with van der Waals surface area (Å²) in [5.41, 5.74) is 3.09. The zero-order chi connectivity index (χ0) is 18.8. The Bertz CT molecular complexity index is 884. The van der Waals surface area contributed by atoms with Crippen LogP contribution in [0.15, 0.2) is 59.5 Å². The van der Waals surface area contributed by atoms with Crippen molar-refractivity contribution in [3.63, 3.8) is 0 Å². The molecule has 2 aromatic carbocycles. The molecule has 27 heavy (non-hydrogen) atoms. The van der Waals surface area contributed by atoms with E-state index < -0.39 is 0 Å². The van der Waals surface area contributed by atoms with Crippen LogP contribution in [-0.2, 0) is 9.59 Å². The molecule has 0 aliphatic carbocycles. The maximum atomic E-state index is 13.2. The predicted molar refractivity (Wildman–Crippen MR) is 112 cm³/mol. The van der Waals surface area contributed by atoms with Crippen molar-refractivity contribution in [3.05, 3.63) is 65.1 Å². The SMILES string of the molecule is CCSC1=C(c2ccccc2)C(=O)N(c2ccc(N3CCCC3)cc2)C1=O. The number of anilines is 2. The Morgan fingerprint density at radius 3 is 2.11 bits per heavy atom. The Kier molecular flexibility index (Phi) is 5.03. The number of hydrogen-bond acceptors (Lipinski definition) is 4. The highest BCUT2D eigenvalue weighted by atomic mass is 32.2. The maximum Gasteiger partial charge on any atom is 0.272 e. The molecule has 0 bridgehead atoms. The van der Waals surface area contributed by atoms with Crippen LogP contribution in [0.1, 0.15) is 25.3 Å². The number of amides is 2. The van der Waals surface area contributed by atoms with Gasteiger partial charge < -0.3 is 4.90 Å². The number of carbonyl (C=O) groups excluding carboxylic acids is 2. The molecule has 2 heterocycles. The first-order chi connectivity index (χ1) is 13.2. The fourth-order valence-corrected chi connectivity index (χ4v) is 4.52. The summed E-state index contributed by atoms with van der Waals surface area (Å²) in [4.78, 5) is 30.4. The average molecular weight is 378 g/mol. The van der Waals surface area contributed by atoms with Gasteiger partial charge in [-0.1, -0.05) is 37.3 Å². The average Bonchev–Trinajstić information content (AvgIpc) is 3.31. The van der Waals surface area contributed by atoms with Crippen molar-refractivity contribution >= 4 is 40.5 Å². The van der Waals surface area contributed by atoms with Gasteiger partial charge >= 0.3 is 0 Å². The molecule has 0 radical (unpaired) electrons. The Labute approximate surface area is 163 Å². The lowest BCUT2D eigenvalue weighted by atomic mass is 10.1. The van der Waals surface area contributed by atoms with Gasteiger partial charge in [-0.25, -0.2) is 4.90 Å². The van der Waals surface area contributed by atoms with E-state index in [1.165, 1.54) is 29.5 Å². The second-order valence-corrected chi connectivity index (χ2v) is 7.93. The van der Waals surface area contributed by atoms with E-state index in [4.69, 9.17) is 0 Å². The molecule has 1 fully saturated rings. The number of carbonyl (C=O) groups is 2. The number of thioether (sulfide) groups is 1. The summed E-state index contributed by atoms with van der Waals surface area (Å²) in [6.45, 7) is 4.13. The highest BCUT2D eigenvalue weighted by molar-refractivity contribution is 8.04. The van der Waals surface area contributed by atoms with Crippen LogP contribution in [0.3, 0.4) is 0 Å². The normalized spacial score (nSPS) is 17.4. The standard InChI is InChI=1S/C22H22N2O2S/c1-2-27-20-19(16-8-4-3-5-9-16)21(25)24(22(20)26)18-12-10-17(11-13-18)23-14-6-7-15-23/h3-5,8-13H,2,6-7,14-15H2,1H3.